The first kappa shape index (κ1) is 65.4. The average Bonchev–Trinajstić information content (AvgIpc) is 1.64. The molecule has 103 heavy (non-hydrogen) atoms. The normalized spacial score (nSPS) is 14.0. The molecule has 1 atom stereocenters. The number of hydrogen-bond acceptors (Lipinski definition) is 3. The van der Waals surface area contributed by atoms with E-state index in [0.29, 0.717) is 0 Å². The van der Waals surface area contributed by atoms with Gasteiger partial charge in [-0.3, -0.25) is 0 Å². The highest BCUT2D eigenvalue weighted by Gasteiger charge is 2.45. The molecular formula is C99H91N3O. The van der Waals surface area contributed by atoms with Crippen LogP contribution in [0.25, 0.3) is 105 Å². The molecule has 0 amide bonds. The number of anilines is 6. The van der Waals surface area contributed by atoms with Crippen LogP contribution in [0.4, 0.5) is 34.1 Å². The van der Waals surface area contributed by atoms with Gasteiger partial charge < -0.3 is 18.8 Å². The highest BCUT2D eigenvalue weighted by atomic mass is 16.3. The molecule has 0 spiro atoms. The quantitative estimate of drug-likeness (QED) is 0.152. The molecule has 2 aromatic heterocycles. The first-order valence-electron chi connectivity index (χ1n) is 36.9. The van der Waals surface area contributed by atoms with Gasteiger partial charge in [0.25, 0.3) is 0 Å². The van der Waals surface area contributed by atoms with Gasteiger partial charge in [-0.1, -0.05) is 304 Å². The van der Waals surface area contributed by atoms with E-state index in [9.17, 15) is 0 Å². The van der Waals surface area contributed by atoms with Gasteiger partial charge >= 0.3 is 0 Å². The predicted octanol–water partition coefficient (Wildman–Crippen LogP) is 28.3. The predicted molar refractivity (Wildman–Crippen MR) is 439 cm³/mol. The second-order valence-electron chi connectivity index (χ2n) is 34.2. The third kappa shape index (κ3) is 11.0. The van der Waals surface area contributed by atoms with E-state index >= 15 is 0 Å². The van der Waals surface area contributed by atoms with E-state index in [1.54, 1.807) is 0 Å². The van der Waals surface area contributed by atoms with Crippen LogP contribution in [0.5, 0.6) is 0 Å². The summed E-state index contributed by atoms with van der Waals surface area (Å²) < 4.78 is 10.0. The van der Waals surface area contributed by atoms with Crippen molar-refractivity contribution in [1.82, 2.24) is 4.57 Å². The fourth-order valence-electron chi connectivity index (χ4n) is 16.4. The number of furan rings is 1. The van der Waals surface area contributed by atoms with E-state index in [4.69, 9.17) is 4.42 Å². The summed E-state index contributed by atoms with van der Waals surface area (Å²) in [5.74, 6) is -0.264. The summed E-state index contributed by atoms with van der Waals surface area (Å²) in [5.41, 5.74) is 32.7. The van der Waals surface area contributed by atoms with Crippen LogP contribution in [-0.4, -0.2) is 4.57 Å². The van der Waals surface area contributed by atoms with Gasteiger partial charge in [0.05, 0.1) is 45.2 Å². The van der Waals surface area contributed by atoms with Gasteiger partial charge in [0.15, 0.2) is 0 Å². The second-order valence-corrected chi connectivity index (χ2v) is 34.2. The average molecular weight is 1340 g/mol. The van der Waals surface area contributed by atoms with Gasteiger partial charge in [-0.25, -0.2) is 0 Å². The molecule has 13 aromatic carbocycles. The summed E-state index contributed by atoms with van der Waals surface area (Å²) in [6.07, 6.45) is 0. The zero-order valence-electron chi connectivity index (χ0n) is 62.3. The van der Waals surface area contributed by atoms with E-state index in [2.05, 4.69) is 391 Å². The Morgan fingerprint density at radius 2 is 0.757 bits per heavy atom. The zero-order chi connectivity index (χ0) is 71.4. The van der Waals surface area contributed by atoms with Crippen LogP contribution < -0.4 is 9.80 Å². The summed E-state index contributed by atoms with van der Waals surface area (Å²) in [5, 5.41) is 4.67. The van der Waals surface area contributed by atoms with Crippen molar-refractivity contribution in [3.8, 4) is 61.3 Å². The molecule has 0 saturated heterocycles. The Morgan fingerprint density at radius 3 is 1.28 bits per heavy atom. The number of aromatic nitrogens is 1. The van der Waals surface area contributed by atoms with E-state index in [1.165, 1.54) is 77.4 Å². The maximum absolute atomic E-state index is 7.44. The van der Waals surface area contributed by atoms with Gasteiger partial charge in [-0.2, -0.15) is 0 Å². The van der Waals surface area contributed by atoms with Gasteiger partial charge in [0.1, 0.15) is 11.2 Å². The summed E-state index contributed by atoms with van der Waals surface area (Å²) in [7, 11) is 0. The third-order valence-electron chi connectivity index (χ3n) is 22.1. The number of fused-ring (bicyclic) bond motifs is 10. The van der Waals surface area contributed by atoms with Crippen LogP contribution in [-0.2, 0) is 27.1 Å². The Hall–Kier alpha value is -10.9. The van der Waals surface area contributed by atoms with Crippen molar-refractivity contribution in [3.05, 3.63) is 317 Å². The second kappa shape index (κ2) is 23.8. The molecule has 0 radical (unpaired) electrons. The number of para-hydroxylation sites is 2. The highest BCUT2D eigenvalue weighted by molar-refractivity contribution is 6.18. The lowest BCUT2D eigenvalue weighted by Crippen LogP contribution is -2.31. The Balaban J connectivity index is 1.07. The summed E-state index contributed by atoms with van der Waals surface area (Å²) in [4.78, 5) is 5.40. The molecule has 4 heteroatoms. The lowest BCUT2D eigenvalue weighted by atomic mass is 9.72. The fraction of sp³-hybridized carbons (Fsp3) is 0.212. The summed E-state index contributed by atoms with van der Waals surface area (Å²) in [6, 6.07) is 104. The SMILES string of the molecule is CC(C)(C)c1cc(-c2ccc3c(c2)C2c4ccc(-n5c6ccc(C(C)(C)C)cc6c6cc(C(C)(C)C)ccc65)cc4N(c4c(-c5ccccc5)cc5c(oc6ccccc65)c4-c4ccccc4)c4cc(C(C)(C)C)cc(c42)N3c2c(-c3ccccc3)cccc2-c2ccccc2)cc(C(C)(C)C)c1. The lowest BCUT2D eigenvalue weighted by Gasteiger charge is -2.47. The molecule has 1 unspecified atom stereocenters. The number of hydrogen-bond donors (Lipinski definition) is 0. The minimum Gasteiger partial charge on any atom is -0.455 e. The number of benzene rings is 13. The maximum atomic E-state index is 7.44. The molecule has 15 aromatic rings. The standard InChI is InChI=1S/C99H91N3O/c1-95(2,3)67-44-49-82-78(55-67)79-56-68(96(4,5)6)45-50-83(79)100(82)72-46-47-76-85(59-72)102(93-77(63-35-24-18-25-36-63)60-80-75-39-28-29-42-88(75)103-94(80)89(93)64-37-26-19-27-38-64)87-58-71(99(13,14)15)57-86-91(87)90(76)81-53-65(66-51-69(97(7,8)9)54-70(52-66)98(10,11)12)43-48-84(81)101(86)92-73(61-31-20-16-21-32-61)40-30-41-74(92)62-33-22-17-23-34-62/h16-60,90H,1-15H3. The molecule has 2 aliphatic heterocycles. The molecule has 0 N–H and O–H groups in total. The van der Waals surface area contributed by atoms with Crippen molar-refractivity contribution in [2.24, 2.45) is 0 Å². The third-order valence-corrected chi connectivity index (χ3v) is 22.1. The van der Waals surface area contributed by atoms with E-state index in [1.807, 2.05) is 0 Å². The van der Waals surface area contributed by atoms with Crippen LogP contribution in [0.3, 0.4) is 0 Å². The molecule has 0 fully saturated rings. The van der Waals surface area contributed by atoms with Crippen LogP contribution in [0.2, 0.25) is 0 Å². The van der Waals surface area contributed by atoms with Crippen LogP contribution in [0.1, 0.15) is 154 Å². The molecule has 4 nitrogen and oxygen atoms in total. The van der Waals surface area contributed by atoms with Crippen molar-refractivity contribution in [2.45, 2.75) is 137 Å². The summed E-state index contributed by atoms with van der Waals surface area (Å²) >= 11 is 0. The first-order valence-corrected chi connectivity index (χ1v) is 36.9. The van der Waals surface area contributed by atoms with Crippen molar-refractivity contribution in [3.63, 3.8) is 0 Å². The van der Waals surface area contributed by atoms with Crippen molar-refractivity contribution in [1.29, 1.82) is 0 Å². The molecule has 508 valence electrons. The van der Waals surface area contributed by atoms with E-state index in [-0.39, 0.29) is 33.0 Å². The monoisotopic (exact) mass is 1340 g/mol. The van der Waals surface area contributed by atoms with E-state index < -0.39 is 0 Å². The minimum absolute atomic E-state index is 0.0642. The van der Waals surface area contributed by atoms with Crippen molar-refractivity contribution >= 4 is 77.9 Å². The van der Waals surface area contributed by atoms with Crippen molar-refractivity contribution in [2.75, 3.05) is 9.80 Å². The summed E-state index contributed by atoms with van der Waals surface area (Å²) in [6.45, 7) is 35.3. The fourth-order valence-corrected chi connectivity index (χ4v) is 16.4. The molecule has 17 rings (SSSR count). The minimum atomic E-state index is -0.331. The maximum Gasteiger partial charge on any atom is 0.145 e. The Morgan fingerprint density at radius 1 is 0.282 bits per heavy atom. The van der Waals surface area contributed by atoms with E-state index in [0.717, 1.165) is 106 Å². The largest absolute Gasteiger partial charge is 0.455 e. The molecule has 0 bridgehead atoms. The molecule has 2 aliphatic rings. The van der Waals surface area contributed by atoms with Gasteiger partial charge in [-0.15, -0.1) is 0 Å². The van der Waals surface area contributed by atoms with Crippen LogP contribution in [0.15, 0.2) is 277 Å². The number of nitrogens with zero attached hydrogens (tertiary/aromatic N) is 3. The Bertz CT molecular complexity index is 5710. The smallest absolute Gasteiger partial charge is 0.145 e. The molecular weight excluding hydrogens is 1250 g/mol. The van der Waals surface area contributed by atoms with Crippen LogP contribution >= 0.6 is 0 Å². The highest BCUT2D eigenvalue weighted by Crippen LogP contribution is 2.65. The number of rotatable bonds is 8. The lowest BCUT2D eigenvalue weighted by molar-refractivity contribution is 0.569. The molecule has 0 aliphatic carbocycles. The first-order chi connectivity index (χ1) is 49.3. The Kier molecular flexibility index (Phi) is 15.1. The zero-order valence-corrected chi connectivity index (χ0v) is 62.3. The van der Waals surface area contributed by atoms with Gasteiger partial charge in [0, 0.05) is 61.0 Å². The molecule has 0 saturated carbocycles. The van der Waals surface area contributed by atoms with Crippen molar-refractivity contribution < 1.29 is 4.42 Å². The van der Waals surface area contributed by atoms with Gasteiger partial charge in [-0.05, 0) is 172 Å². The molecule has 4 heterocycles. The van der Waals surface area contributed by atoms with Crippen LogP contribution in [0, 0.1) is 0 Å². The van der Waals surface area contributed by atoms with Gasteiger partial charge in [0.2, 0.25) is 0 Å². The Labute approximate surface area is 608 Å². The topological polar surface area (TPSA) is 24.6 Å².